The van der Waals surface area contributed by atoms with Gasteiger partial charge in [0.05, 0.1) is 7.11 Å². The summed E-state index contributed by atoms with van der Waals surface area (Å²) in [7, 11) is 1.48. The molecule has 4 aliphatic carbocycles. The predicted octanol–water partition coefficient (Wildman–Crippen LogP) is 2.32. The van der Waals surface area contributed by atoms with Gasteiger partial charge in [-0.2, -0.15) is 0 Å². The van der Waals surface area contributed by atoms with Crippen LogP contribution in [0, 0.1) is 29.1 Å². The van der Waals surface area contributed by atoms with Gasteiger partial charge >= 0.3 is 5.97 Å². The Labute approximate surface area is 95.4 Å². The Morgan fingerprint density at radius 2 is 2.25 bits per heavy atom. The average molecular weight is 216 g/mol. The maximum atomic E-state index is 11.6. The highest BCUT2D eigenvalue weighted by Crippen LogP contribution is 2.78. The molecule has 4 rings (SSSR count). The van der Waals surface area contributed by atoms with Crippen molar-refractivity contribution in [3.8, 4) is 0 Å². The molecule has 0 amide bonds. The Morgan fingerprint density at radius 3 is 3.00 bits per heavy atom. The fourth-order valence-corrected chi connectivity index (χ4v) is 4.79. The molecule has 2 nitrogen and oxygen atoms in total. The van der Waals surface area contributed by atoms with Crippen molar-refractivity contribution < 1.29 is 9.53 Å². The highest BCUT2D eigenvalue weighted by atomic mass is 16.5. The van der Waals surface area contributed by atoms with Gasteiger partial charge in [-0.25, -0.2) is 4.79 Å². The second-order valence-electron chi connectivity index (χ2n) is 5.85. The fourth-order valence-electron chi connectivity index (χ4n) is 4.79. The van der Waals surface area contributed by atoms with E-state index in [1.807, 2.05) is 0 Å². The predicted molar refractivity (Wildman–Crippen MR) is 59.5 cm³/mol. The van der Waals surface area contributed by atoms with Crippen LogP contribution in [-0.2, 0) is 9.53 Å². The molecule has 84 valence electrons. The van der Waals surface area contributed by atoms with Crippen molar-refractivity contribution in [2.24, 2.45) is 29.1 Å². The number of carbonyl (C=O) groups excluding carboxylic acids is 1. The quantitative estimate of drug-likeness (QED) is 0.496. The first-order chi connectivity index (χ1) is 7.68. The minimum Gasteiger partial charge on any atom is -0.466 e. The second kappa shape index (κ2) is 2.44. The third kappa shape index (κ3) is 0.741. The van der Waals surface area contributed by atoms with Crippen molar-refractivity contribution in [3.63, 3.8) is 0 Å². The molecule has 16 heavy (non-hydrogen) atoms. The molecule has 4 aliphatic rings. The minimum absolute atomic E-state index is 0.111. The van der Waals surface area contributed by atoms with Crippen LogP contribution in [0.15, 0.2) is 23.3 Å². The third-order valence-corrected chi connectivity index (χ3v) is 5.59. The molecule has 0 aliphatic heterocycles. The normalized spacial score (nSPS) is 50.6. The van der Waals surface area contributed by atoms with Crippen molar-refractivity contribution >= 4 is 5.97 Å². The van der Waals surface area contributed by atoms with Crippen molar-refractivity contribution in [2.75, 3.05) is 7.11 Å². The largest absolute Gasteiger partial charge is 0.466 e. The minimum atomic E-state index is -0.111. The second-order valence-corrected chi connectivity index (χ2v) is 5.85. The number of allylic oxidation sites excluding steroid dienone is 3. The highest BCUT2D eigenvalue weighted by molar-refractivity contribution is 5.89. The number of fused-ring (bicyclic) bond motifs is 3. The van der Waals surface area contributed by atoms with Crippen LogP contribution < -0.4 is 0 Å². The molecule has 5 atom stereocenters. The van der Waals surface area contributed by atoms with E-state index in [1.165, 1.54) is 13.5 Å². The number of methoxy groups -OCH3 is 1. The average Bonchev–Trinajstić information content (AvgIpc) is 2.67. The number of hydrogen-bond donors (Lipinski definition) is 0. The van der Waals surface area contributed by atoms with Crippen LogP contribution in [0.2, 0.25) is 0 Å². The molecule has 0 aromatic heterocycles. The Balaban J connectivity index is 1.71. The fraction of sp³-hybridized carbons (Fsp3) is 0.643. The number of rotatable bonds is 1. The smallest absolute Gasteiger partial charge is 0.333 e. The van der Waals surface area contributed by atoms with E-state index < -0.39 is 0 Å². The number of ether oxygens (including phenoxy) is 1. The monoisotopic (exact) mass is 216 g/mol. The maximum absolute atomic E-state index is 11.6. The zero-order valence-corrected chi connectivity index (χ0v) is 9.69. The van der Waals surface area contributed by atoms with Gasteiger partial charge in [0, 0.05) is 11.0 Å². The SMILES string of the molecule is COC(=O)C1=CC2C3C=C4CC4(C2C1)[C@H]3C. The molecule has 0 N–H and O–H groups in total. The van der Waals surface area contributed by atoms with E-state index in [0.29, 0.717) is 23.2 Å². The zero-order valence-electron chi connectivity index (χ0n) is 9.69. The highest BCUT2D eigenvalue weighted by Gasteiger charge is 2.71. The lowest BCUT2D eigenvalue weighted by Gasteiger charge is -2.20. The van der Waals surface area contributed by atoms with E-state index in [2.05, 4.69) is 19.1 Å². The Hall–Kier alpha value is -1.05. The molecule has 2 fully saturated rings. The van der Waals surface area contributed by atoms with Crippen LogP contribution >= 0.6 is 0 Å². The molecule has 4 unspecified atom stereocenters. The molecular formula is C14H16O2. The summed E-state index contributed by atoms with van der Waals surface area (Å²) in [6.45, 7) is 2.39. The summed E-state index contributed by atoms with van der Waals surface area (Å²) >= 11 is 0. The number of hydrogen-bond acceptors (Lipinski definition) is 2. The van der Waals surface area contributed by atoms with Crippen molar-refractivity contribution in [3.05, 3.63) is 23.3 Å². The molecule has 0 aromatic rings. The first-order valence-electron chi connectivity index (χ1n) is 6.18. The summed E-state index contributed by atoms with van der Waals surface area (Å²) in [5, 5.41) is 0. The van der Waals surface area contributed by atoms with E-state index in [-0.39, 0.29) is 5.97 Å². The third-order valence-electron chi connectivity index (χ3n) is 5.59. The molecule has 0 saturated heterocycles. The van der Waals surface area contributed by atoms with Crippen molar-refractivity contribution in [1.82, 2.24) is 0 Å². The van der Waals surface area contributed by atoms with Gasteiger partial charge in [0.1, 0.15) is 0 Å². The molecule has 0 heterocycles. The topological polar surface area (TPSA) is 26.3 Å². The molecular weight excluding hydrogens is 200 g/mol. The number of esters is 1. The van der Waals surface area contributed by atoms with Gasteiger partial charge in [-0.1, -0.05) is 24.6 Å². The summed E-state index contributed by atoms with van der Waals surface area (Å²) in [5.74, 6) is 2.74. The first kappa shape index (κ1) is 9.03. The van der Waals surface area contributed by atoms with Crippen LogP contribution in [0.25, 0.3) is 0 Å². The number of carbonyl (C=O) groups is 1. The molecule has 0 aromatic carbocycles. The molecule has 2 bridgehead atoms. The van der Waals surface area contributed by atoms with Crippen LogP contribution in [0.1, 0.15) is 19.8 Å². The summed E-state index contributed by atoms with van der Waals surface area (Å²) in [5.41, 5.74) is 3.11. The van der Waals surface area contributed by atoms with E-state index >= 15 is 0 Å². The van der Waals surface area contributed by atoms with Crippen LogP contribution in [0.3, 0.4) is 0 Å². The molecule has 1 spiro atoms. The summed E-state index contributed by atoms with van der Waals surface area (Å²) in [6.07, 6.45) is 6.95. The molecule has 2 saturated carbocycles. The maximum Gasteiger partial charge on any atom is 0.333 e. The zero-order chi connectivity index (χ0) is 11.1. The lowest BCUT2D eigenvalue weighted by Crippen LogP contribution is -2.16. The van der Waals surface area contributed by atoms with Crippen LogP contribution in [-0.4, -0.2) is 13.1 Å². The summed E-state index contributed by atoms with van der Waals surface area (Å²) < 4.78 is 4.84. The van der Waals surface area contributed by atoms with Crippen LogP contribution in [0.5, 0.6) is 0 Å². The first-order valence-corrected chi connectivity index (χ1v) is 6.18. The van der Waals surface area contributed by atoms with Gasteiger partial charge in [-0.15, -0.1) is 0 Å². The van der Waals surface area contributed by atoms with Crippen LogP contribution in [0.4, 0.5) is 0 Å². The van der Waals surface area contributed by atoms with E-state index in [0.717, 1.165) is 17.9 Å². The van der Waals surface area contributed by atoms with Crippen molar-refractivity contribution in [2.45, 2.75) is 19.8 Å². The van der Waals surface area contributed by atoms with Crippen molar-refractivity contribution in [1.29, 1.82) is 0 Å². The Bertz CT molecular complexity index is 459. The summed E-state index contributed by atoms with van der Waals surface area (Å²) in [4.78, 5) is 11.6. The van der Waals surface area contributed by atoms with Gasteiger partial charge < -0.3 is 4.74 Å². The lowest BCUT2D eigenvalue weighted by atomic mass is 9.83. The standard InChI is InChI=1S/C14H16O2/c1-7-10-5-9-6-14(7,9)12-4-8(3-11(10)12)13(15)16-2/h3,5,7,10-12H,4,6H2,1-2H3/t7-,10?,11?,12?,14?/m0/s1. The molecule has 2 heteroatoms. The van der Waals surface area contributed by atoms with Gasteiger partial charge in [0.25, 0.3) is 0 Å². The van der Waals surface area contributed by atoms with Gasteiger partial charge in [-0.05, 0) is 36.5 Å². The van der Waals surface area contributed by atoms with Gasteiger partial charge in [0.2, 0.25) is 0 Å². The lowest BCUT2D eigenvalue weighted by molar-refractivity contribution is -0.136. The van der Waals surface area contributed by atoms with Gasteiger partial charge in [-0.3, -0.25) is 0 Å². The van der Waals surface area contributed by atoms with Gasteiger partial charge in [0.15, 0.2) is 0 Å². The molecule has 0 radical (unpaired) electrons. The summed E-state index contributed by atoms with van der Waals surface area (Å²) in [6, 6.07) is 0. The Kier molecular flexibility index (Phi) is 1.38. The van der Waals surface area contributed by atoms with E-state index in [4.69, 9.17) is 4.74 Å². The Morgan fingerprint density at radius 1 is 1.44 bits per heavy atom. The van der Waals surface area contributed by atoms with E-state index in [1.54, 1.807) is 5.57 Å². The van der Waals surface area contributed by atoms with E-state index in [9.17, 15) is 4.79 Å².